The molecule has 0 saturated heterocycles. The third kappa shape index (κ3) is 6.65. The SMILES string of the molecule is CCOC(=O)Cc1cscc1C(=O)O.O=C(O)Cc1cscc1C(=O)O. The van der Waals surface area contributed by atoms with E-state index in [9.17, 15) is 19.2 Å². The number of rotatable bonds is 7. The van der Waals surface area contributed by atoms with Gasteiger partial charge in [-0.05, 0) is 28.8 Å². The van der Waals surface area contributed by atoms with Gasteiger partial charge in [0.05, 0.1) is 30.6 Å². The predicted octanol–water partition coefficient (Wildman–Crippen LogP) is 2.63. The van der Waals surface area contributed by atoms with Crippen molar-refractivity contribution in [2.45, 2.75) is 19.8 Å². The molecule has 0 fully saturated rings. The highest BCUT2D eigenvalue weighted by atomic mass is 32.1. The lowest BCUT2D eigenvalue weighted by atomic mass is 10.1. The number of carbonyl (C=O) groups excluding carboxylic acids is 1. The molecule has 0 saturated carbocycles. The van der Waals surface area contributed by atoms with Gasteiger partial charge in [0.1, 0.15) is 0 Å². The second kappa shape index (κ2) is 10.3. The molecule has 2 rings (SSSR count). The summed E-state index contributed by atoms with van der Waals surface area (Å²) in [5.41, 5.74) is 1.14. The number of carboxylic acids is 3. The first-order chi connectivity index (χ1) is 12.3. The molecule has 0 aliphatic rings. The molecule has 0 aromatic carbocycles. The summed E-state index contributed by atoms with van der Waals surface area (Å²) in [4.78, 5) is 42.5. The number of hydrogen-bond acceptors (Lipinski definition) is 7. The van der Waals surface area contributed by atoms with Crippen LogP contribution in [0.4, 0.5) is 0 Å². The molecule has 8 nitrogen and oxygen atoms in total. The van der Waals surface area contributed by atoms with Gasteiger partial charge in [-0.1, -0.05) is 0 Å². The topological polar surface area (TPSA) is 138 Å². The smallest absolute Gasteiger partial charge is 0.336 e. The van der Waals surface area contributed by atoms with Crippen molar-refractivity contribution < 1.29 is 39.2 Å². The Labute approximate surface area is 156 Å². The number of hydrogen-bond donors (Lipinski definition) is 3. The molecular weight excluding hydrogens is 384 g/mol. The lowest BCUT2D eigenvalue weighted by Crippen LogP contribution is -2.09. The standard InChI is InChI=1S/C9H10O4S.C7H6O4S/c1-2-13-8(10)3-6-4-14-5-7(6)9(11)12;8-6(9)1-4-2-12-3-5(4)7(10)11/h4-5H,2-3H2,1H3,(H,11,12);2-3H,1H2,(H,8,9)(H,10,11). The Kier molecular flexibility index (Phi) is 8.46. The van der Waals surface area contributed by atoms with E-state index in [-0.39, 0.29) is 24.0 Å². The van der Waals surface area contributed by atoms with Crippen molar-refractivity contribution in [3.05, 3.63) is 43.8 Å². The molecule has 26 heavy (non-hydrogen) atoms. The van der Waals surface area contributed by atoms with E-state index < -0.39 is 23.9 Å². The van der Waals surface area contributed by atoms with Crippen LogP contribution >= 0.6 is 22.7 Å². The molecule has 2 heterocycles. The summed E-state index contributed by atoms with van der Waals surface area (Å²) < 4.78 is 4.72. The number of aliphatic carboxylic acids is 1. The molecule has 0 amide bonds. The Balaban J connectivity index is 0.000000263. The lowest BCUT2D eigenvalue weighted by Gasteiger charge is -2.00. The maximum atomic E-state index is 11.1. The van der Waals surface area contributed by atoms with Gasteiger partial charge in [0.2, 0.25) is 0 Å². The van der Waals surface area contributed by atoms with Crippen molar-refractivity contribution in [3.8, 4) is 0 Å². The molecule has 2 aromatic rings. The number of esters is 1. The third-order valence-corrected chi connectivity index (χ3v) is 4.51. The molecule has 0 spiro atoms. The summed E-state index contributed by atoms with van der Waals surface area (Å²) in [5.74, 6) is -3.50. The van der Waals surface area contributed by atoms with E-state index in [1.54, 1.807) is 12.3 Å². The Hall–Kier alpha value is -2.72. The van der Waals surface area contributed by atoms with E-state index in [2.05, 4.69) is 0 Å². The first-order valence-electron chi connectivity index (χ1n) is 7.20. The van der Waals surface area contributed by atoms with Gasteiger partial charge in [-0.3, -0.25) is 9.59 Å². The highest BCUT2D eigenvalue weighted by Crippen LogP contribution is 2.16. The first-order valence-corrected chi connectivity index (χ1v) is 9.08. The molecule has 140 valence electrons. The van der Waals surface area contributed by atoms with E-state index in [0.29, 0.717) is 17.7 Å². The molecule has 10 heteroatoms. The van der Waals surface area contributed by atoms with Crippen molar-refractivity contribution in [3.63, 3.8) is 0 Å². The molecule has 0 bridgehead atoms. The fourth-order valence-corrected chi connectivity index (χ4v) is 3.49. The molecule has 0 aliphatic carbocycles. The lowest BCUT2D eigenvalue weighted by molar-refractivity contribution is -0.142. The Morgan fingerprint density at radius 1 is 0.846 bits per heavy atom. The summed E-state index contributed by atoms with van der Waals surface area (Å²) in [5, 5.41) is 31.9. The van der Waals surface area contributed by atoms with Crippen molar-refractivity contribution in [1.29, 1.82) is 0 Å². The number of carboxylic acid groups (broad SMARTS) is 3. The average Bonchev–Trinajstić information content (AvgIpc) is 3.16. The minimum Gasteiger partial charge on any atom is -0.481 e. The number of thiophene rings is 2. The van der Waals surface area contributed by atoms with Crippen LogP contribution < -0.4 is 0 Å². The summed E-state index contributed by atoms with van der Waals surface area (Å²) in [7, 11) is 0. The zero-order chi connectivity index (χ0) is 19.7. The van der Waals surface area contributed by atoms with Crippen molar-refractivity contribution in [2.75, 3.05) is 6.61 Å². The largest absolute Gasteiger partial charge is 0.481 e. The molecule has 0 unspecified atom stereocenters. The molecule has 0 aliphatic heterocycles. The summed E-state index contributed by atoms with van der Waals surface area (Å²) in [6.07, 6.45) is -0.204. The molecule has 2 aromatic heterocycles. The van der Waals surface area contributed by atoms with E-state index >= 15 is 0 Å². The average molecular weight is 400 g/mol. The van der Waals surface area contributed by atoms with Gasteiger partial charge in [-0.15, -0.1) is 0 Å². The van der Waals surface area contributed by atoms with E-state index in [4.69, 9.17) is 20.1 Å². The highest BCUT2D eigenvalue weighted by Gasteiger charge is 2.14. The van der Waals surface area contributed by atoms with Gasteiger partial charge >= 0.3 is 23.9 Å². The molecule has 3 N–H and O–H groups in total. The maximum absolute atomic E-state index is 11.1. The fourth-order valence-electron chi connectivity index (χ4n) is 1.83. The van der Waals surface area contributed by atoms with Crippen LogP contribution in [0.2, 0.25) is 0 Å². The minimum atomic E-state index is -1.08. The van der Waals surface area contributed by atoms with E-state index in [1.165, 1.54) is 38.8 Å². The van der Waals surface area contributed by atoms with Gasteiger partial charge in [0.25, 0.3) is 0 Å². The second-order valence-electron chi connectivity index (χ2n) is 4.78. The van der Waals surface area contributed by atoms with Gasteiger partial charge in [-0.25, -0.2) is 9.59 Å². The molecule has 0 radical (unpaired) electrons. The van der Waals surface area contributed by atoms with Crippen molar-refractivity contribution >= 4 is 46.6 Å². The summed E-state index contributed by atoms with van der Waals surface area (Å²) >= 11 is 2.46. The van der Waals surface area contributed by atoms with Crippen molar-refractivity contribution in [2.24, 2.45) is 0 Å². The molecule has 0 atom stereocenters. The number of carbonyl (C=O) groups is 4. The Bertz CT molecular complexity index is 790. The van der Waals surface area contributed by atoms with E-state index in [0.717, 1.165) is 0 Å². The van der Waals surface area contributed by atoms with Crippen LogP contribution in [-0.2, 0) is 27.2 Å². The monoisotopic (exact) mass is 400 g/mol. The Morgan fingerprint density at radius 2 is 1.31 bits per heavy atom. The van der Waals surface area contributed by atoms with Crippen LogP contribution in [0, 0.1) is 0 Å². The van der Waals surface area contributed by atoms with Crippen LogP contribution in [-0.4, -0.2) is 45.8 Å². The first kappa shape index (κ1) is 21.3. The molecular formula is C16H16O8S2. The second-order valence-corrected chi connectivity index (χ2v) is 6.27. The van der Waals surface area contributed by atoms with Crippen LogP contribution in [0.1, 0.15) is 38.8 Å². The summed E-state index contributed by atoms with van der Waals surface area (Å²) in [6, 6.07) is 0. The van der Waals surface area contributed by atoms with Gasteiger partial charge < -0.3 is 20.1 Å². The Morgan fingerprint density at radius 3 is 1.69 bits per heavy atom. The van der Waals surface area contributed by atoms with Gasteiger partial charge in [-0.2, -0.15) is 22.7 Å². The van der Waals surface area contributed by atoms with E-state index in [1.807, 2.05) is 0 Å². The predicted molar refractivity (Wildman–Crippen MR) is 94.2 cm³/mol. The highest BCUT2D eigenvalue weighted by molar-refractivity contribution is 7.08. The third-order valence-electron chi connectivity index (χ3n) is 2.93. The maximum Gasteiger partial charge on any atom is 0.336 e. The normalized spacial score (nSPS) is 9.73. The van der Waals surface area contributed by atoms with Gasteiger partial charge in [0.15, 0.2) is 0 Å². The zero-order valence-corrected chi connectivity index (χ0v) is 15.3. The van der Waals surface area contributed by atoms with Crippen LogP contribution in [0.15, 0.2) is 21.5 Å². The van der Waals surface area contributed by atoms with Crippen molar-refractivity contribution in [1.82, 2.24) is 0 Å². The minimum absolute atomic E-state index is 0.0268. The van der Waals surface area contributed by atoms with Gasteiger partial charge in [0, 0.05) is 10.8 Å². The zero-order valence-electron chi connectivity index (χ0n) is 13.6. The number of ether oxygens (including phenoxy) is 1. The quantitative estimate of drug-likeness (QED) is 0.603. The number of aromatic carboxylic acids is 2. The van der Waals surface area contributed by atoms with Crippen LogP contribution in [0.5, 0.6) is 0 Å². The van der Waals surface area contributed by atoms with Crippen LogP contribution in [0.25, 0.3) is 0 Å². The fraction of sp³-hybridized carbons (Fsp3) is 0.250. The van der Waals surface area contributed by atoms with Crippen LogP contribution in [0.3, 0.4) is 0 Å². The summed E-state index contributed by atoms with van der Waals surface area (Å²) in [6.45, 7) is 2.02.